The van der Waals surface area contributed by atoms with Crippen LogP contribution in [0, 0.1) is 17.8 Å². The van der Waals surface area contributed by atoms with Crippen molar-refractivity contribution in [3.63, 3.8) is 0 Å². The van der Waals surface area contributed by atoms with Gasteiger partial charge in [-0.2, -0.15) is 12.4 Å². The third kappa shape index (κ3) is 6.16. The quantitative estimate of drug-likeness (QED) is 0.133. The van der Waals surface area contributed by atoms with E-state index in [1.807, 2.05) is 18.2 Å². The fourth-order valence-corrected chi connectivity index (χ4v) is 9.38. The van der Waals surface area contributed by atoms with Gasteiger partial charge in [-0.25, -0.2) is 0 Å². The lowest BCUT2D eigenvalue weighted by molar-refractivity contribution is -0.154. The summed E-state index contributed by atoms with van der Waals surface area (Å²) in [6.07, 6.45) is 17.2. The average molecular weight is 643 g/mol. The van der Waals surface area contributed by atoms with E-state index in [1.54, 1.807) is 12.4 Å². The van der Waals surface area contributed by atoms with E-state index in [0.29, 0.717) is 42.1 Å². The first-order valence-electron chi connectivity index (χ1n) is 17.5. The fraction of sp³-hybridized carbons (Fsp3) is 0.538. The summed E-state index contributed by atoms with van der Waals surface area (Å²) in [5.74, 6) is 1.50. The molecule has 7 rings (SSSR count). The number of hydrogen-bond donors (Lipinski definition) is 5. The Morgan fingerprint density at radius 2 is 1.77 bits per heavy atom. The molecule has 8 heteroatoms. The zero-order valence-electron chi connectivity index (χ0n) is 27.2. The molecule has 7 unspecified atom stereocenters. The normalized spacial score (nSPS) is 29.6. The monoisotopic (exact) mass is 642 g/mol. The van der Waals surface area contributed by atoms with Gasteiger partial charge in [0.05, 0.1) is 32.0 Å². The van der Waals surface area contributed by atoms with Crippen molar-refractivity contribution in [3.8, 4) is 23.0 Å². The van der Waals surface area contributed by atoms with E-state index in [0.717, 1.165) is 42.7 Å². The molecule has 0 bridgehead atoms. The molecular weight excluding hydrogens is 594 g/mol. The van der Waals surface area contributed by atoms with Crippen molar-refractivity contribution in [2.45, 2.75) is 107 Å². The molecule has 4 aliphatic rings. The number of aliphatic hydroxyl groups is 2. The molecule has 5 N–H and O–H groups in total. The van der Waals surface area contributed by atoms with Gasteiger partial charge in [-0.3, -0.25) is 0 Å². The Morgan fingerprint density at radius 1 is 0.936 bits per heavy atom. The number of aliphatic hydroxyl groups excluding tert-OH is 2. The number of phenols is 3. The number of rotatable bonds is 8. The van der Waals surface area contributed by atoms with E-state index in [9.17, 15) is 25.5 Å². The average Bonchev–Trinajstić information content (AvgIpc) is 3.82. The van der Waals surface area contributed by atoms with Gasteiger partial charge in [0.1, 0.15) is 5.75 Å². The van der Waals surface area contributed by atoms with Gasteiger partial charge in [-0.1, -0.05) is 61.6 Å². The summed E-state index contributed by atoms with van der Waals surface area (Å²) in [6, 6.07) is 7.98. The number of benzene rings is 2. The predicted octanol–water partition coefficient (Wildman–Crippen LogP) is 6.87. The van der Waals surface area contributed by atoms with Crippen LogP contribution in [0.1, 0.15) is 116 Å². The number of phenolic OH excluding ortho intramolecular Hbond substituents is 2. The largest absolute Gasteiger partial charge is 0.670 e. The van der Waals surface area contributed by atoms with Gasteiger partial charge >= 0.3 is 0 Å². The minimum atomic E-state index is -0.628. The summed E-state index contributed by atoms with van der Waals surface area (Å²) < 4.78 is 12.4. The Bertz CT molecular complexity index is 1580. The van der Waals surface area contributed by atoms with Crippen molar-refractivity contribution in [2.75, 3.05) is 7.11 Å². The highest BCUT2D eigenvalue weighted by Gasteiger charge is 2.44. The number of hydrogen-bond acceptors (Lipinski definition) is 7. The summed E-state index contributed by atoms with van der Waals surface area (Å²) >= 11 is 0. The Labute approximate surface area is 277 Å². The number of allylic oxidation sites excluding steroid dienone is 2. The van der Waals surface area contributed by atoms with Gasteiger partial charge < -0.3 is 40.0 Å². The molecule has 0 spiro atoms. The minimum absolute atomic E-state index is 0.0274. The molecular formula is C39H48NO7-. The smallest absolute Gasteiger partial charge is 0.201 e. The molecule has 252 valence electrons. The van der Waals surface area contributed by atoms with Crippen LogP contribution in [0.4, 0.5) is 0 Å². The number of ether oxygens (including phenoxy) is 2. The summed E-state index contributed by atoms with van der Waals surface area (Å²) in [4.78, 5) is 4.17. The molecule has 1 aromatic heterocycles. The summed E-state index contributed by atoms with van der Waals surface area (Å²) in [6.45, 7) is -0.509. The molecule has 47 heavy (non-hydrogen) atoms. The van der Waals surface area contributed by atoms with Crippen molar-refractivity contribution >= 4 is 0 Å². The molecule has 0 radical (unpaired) electrons. The highest BCUT2D eigenvalue weighted by atomic mass is 16.5. The number of nitrogens with zero attached hydrogens (tertiary/aromatic N) is 1. The van der Waals surface area contributed by atoms with Crippen LogP contribution in [-0.2, 0) is 17.8 Å². The molecule has 2 saturated carbocycles. The van der Waals surface area contributed by atoms with Crippen LogP contribution in [0.25, 0.3) is 0 Å². The fourth-order valence-electron chi connectivity index (χ4n) is 9.38. The van der Waals surface area contributed by atoms with Gasteiger partial charge in [-0.15, -0.1) is 0 Å². The van der Waals surface area contributed by atoms with Crippen LogP contribution < -0.4 is 9.72 Å². The molecule has 1 saturated heterocycles. The predicted molar refractivity (Wildman–Crippen MR) is 178 cm³/mol. The maximum absolute atomic E-state index is 11.5. The van der Waals surface area contributed by atoms with E-state index >= 15 is 0 Å². The Kier molecular flexibility index (Phi) is 9.27. The minimum Gasteiger partial charge on any atom is -0.670 e. The van der Waals surface area contributed by atoms with Crippen molar-refractivity contribution in [1.29, 1.82) is 0 Å². The van der Waals surface area contributed by atoms with Crippen molar-refractivity contribution < 1.29 is 35.0 Å². The molecule has 1 aliphatic heterocycles. The van der Waals surface area contributed by atoms with Gasteiger partial charge in [0, 0.05) is 34.9 Å². The van der Waals surface area contributed by atoms with Gasteiger partial charge in [0.15, 0.2) is 11.5 Å². The Balaban J connectivity index is 1.16. The van der Waals surface area contributed by atoms with E-state index < -0.39 is 30.3 Å². The molecule has 8 nitrogen and oxygen atoms in total. The topological polar surface area (TPSA) is 134 Å². The van der Waals surface area contributed by atoms with Crippen LogP contribution >= 0.6 is 0 Å². The molecule has 3 aliphatic carbocycles. The van der Waals surface area contributed by atoms with E-state index in [4.69, 9.17) is 9.47 Å². The van der Waals surface area contributed by atoms with Crippen molar-refractivity contribution in [3.05, 3.63) is 82.2 Å². The number of fused-ring (bicyclic) bond motifs is 1. The van der Waals surface area contributed by atoms with Crippen LogP contribution in [0.2, 0.25) is 0 Å². The Hall–Kier alpha value is -3.46. The summed E-state index contributed by atoms with van der Waals surface area (Å²) in [7, 11) is 1.44. The van der Waals surface area contributed by atoms with Gasteiger partial charge in [0.25, 0.3) is 0 Å². The van der Waals surface area contributed by atoms with Gasteiger partial charge in [-0.05, 0) is 73.5 Å². The third-order valence-corrected chi connectivity index (χ3v) is 11.8. The highest BCUT2D eigenvalue weighted by molar-refractivity contribution is 5.64. The molecule has 7 atom stereocenters. The zero-order chi connectivity index (χ0) is 32.7. The van der Waals surface area contributed by atoms with Crippen LogP contribution in [0.5, 0.6) is 23.0 Å². The second-order valence-electron chi connectivity index (χ2n) is 14.4. The number of methoxy groups -OCH3 is 1. The van der Waals surface area contributed by atoms with Crippen molar-refractivity contribution in [2.24, 2.45) is 17.8 Å². The maximum Gasteiger partial charge on any atom is 0.201 e. The summed E-state index contributed by atoms with van der Waals surface area (Å²) in [5, 5.41) is 54.7. The highest BCUT2D eigenvalue weighted by Crippen LogP contribution is 2.52. The molecule has 0 amide bonds. The Morgan fingerprint density at radius 3 is 2.51 bits per heavy atom. The lowest BCUT2D eigenvalue weighted by Gasteiger charge is -2.45. The second-order valence-corrected chi connectivity index (χ2v) is 14.4. The van der Waals surface area contributed by atoms with Crippen molar-refractivity contribution in [1.82, 2.24) is 4.98 Å². The molecule has 2 aromatic carbocycles. The first-order valence-corrected chi connectivity index (χ1v) is 17.5. The zero-order valence-corrected chi connectivity index (χ0v) is 27.2. The van der Waals surface area contributed by atoms with Crippen LogP contribution in [0.15, 0.2) is 48.8 Å². The molecule has 3 aromatic rings. The third-order valence-electron chi connectivity index (χ3n) is 11.8. The second kappa shape index (κ2) is 13.6. The standard InChI is InChI=1S/C39H48NO7/c1-46-39-30(15-22-13-14-40-20-22)36(31(21-41)37(44)38(39)45)35-19-33(43)28-11-9-26(18-34(28)47-35)25-10-12-32(42)29(17-25)27-8-4-7-24(16-27)23-5-2-3-6-23/h4,8,10,12-14,17,20,23-24,26-28,33-35,41-45H,2-3,5-7,9,11,15-16,18-19,21H2,1H3/q-1. The number of aromatic hydroxyl groups is 3. The SMILES string of the molecule is COc1c(O)c(O)c(CO)c(C2CC(O)C3CCC(c4ccc(O)c(C5C=CCC(C6CCCC6)C5)c4)CC3O2)c1Cc1cc[n-]c1. The van der Waals surface area contributed by atoms with Crippen LogP contribution in [-0.4, -0.2) is 44.9 Å². The first kappa shape index (κ1) is 32.1. The lowest BCUT2D eigenvalue weighted by atomic mass is 9.71. The maximum atomic E-state index is 11.5. The molecule has 2 heterocycles. The molecule has 3 fully saturated rings. The van der Waals surface area contributed by atoms with Gasteiger partial charge in [0.2, 0.25) is 5.75 Å². The van der Waals surface area contributed by atoms with Crippen LogP contribution in [0.3, 0.4) is 0 Å². The number of aromatic nitrogens is 1. The van der Waals surface area contributed by atoms with E-state index in [2.05, 4.69) is 23.2 Å². The van der Waals surface area contributed by atoms with E-state index in [-0.39, 0.29) is 35.2 Å². The van der Waals surface area contributed by atoms with E-state index in [1.165, 1.54) is 38.4 Å². The summed E-state index contributed by atoms with van der Waals surface area (Å²) in [5.41, 5.74) is 4.42. The first-order chi connectivity index (χ1) is 22.9. The lowest BCUT2D eigenvalue weighted by Crippen LogP contribution is -2.44.